The van der Waals surface area contributed by atoms with Crippen LogP contribution in [0.5, 0.6) is 0 Å². The van der Waals surface area contributed by atoms with Crippen LogP contribution in [0.4, 0.5) is 0 Å². The molecule has 4 heteroatoms. The van der Waals surface area contributed by atoms with Gasteiger partial charge in [-0.15, -0.1) is 0 Å². The van der Waals surface area contributed by atoms with Gasteiger partial charge in [0, 0.05) is 43.8 Å². The summed E-state index contributed by atoms with van der Waals surface area (Å²) in [4.78, 5) is 5.06. The van der Waals surface area contributed by atoms with E-state index >= 15 is 0 Å². The molecule has 1 unspecified atom stereocenters. The Hall–Kier alpha value is -0.610. The molecule has 3 nitrogen and oxygen atoms in total. The van der Waals surface area contributed by atoms with Gasteiger partial charge in [0.05, 0.1) is 0 Å². The first-order chi connectivity index (χ1) is 9.65. The first kappa shape index (κ1) is 15.8. The lowest BCUT2D eigenvalue weighted by atomic mass is 9.99. The highest BCUT2D eigenvalue weighted by molar-refractivity contribution is 6.30. The second kappa shape index (κ2) is 7.41. The van der Waals surface area contributed by atoms with E-state index in [1.807, 2.05) is 12.1 Å². The van der Waals surface area contributed by atoms with E-state index < -0.39 is 0 Å². The molecule has 1 saturated heterocycles. The molecule has 1 aliphatic rings. The highest BCUT2D eigenvalue weighted by atomic mass is 35.5. The summed E-state index contributed by atoms with van der Waals surface area (Å²) in [7, 11) is 0. The third-order valence-electron chi connectivity index (χ3n) is 4.20. The lowest BCUT2D eigenvalue weighted by molar-refractivity contribution is 0.0983. The fraction of sp³-hybridized carbons (Fsp3) is 0.625. The van der Waals surface area contributed by atoms with Gasteiger partial charge >= 0.3 is 0 Å². The minimum Gasteiger partial charge on any atom is -0.329 e. The summed E-state index contributed by atoms with van der Waals surface area (Å²) < 4.78 is 0. The van der Waals surface area contributed by atoms with Crippen LogP contribution in [0.1, 0.15) is 30.5 Å². The number of rotatable bonds is 5. The summed E-state index contributed by atoms with van der Waals surface area (Å²) in [6, 6.07) is 6.46. The Balaban J connectivity index is 2.05. The van der Waals surface area contributed by atoms with Gasteiger partial charge < -0.3 is 10.6 Å². The van der Waals surface area contributed by atoms with Gasteiger partial charge in [0.1, 0.15) is 0 Å². The van der Waals surface area contributed by atoms with Crippen molar-refractivity contribution in [1.29, 1.82) is 0 Å². The Bertz CT molecular complexity index is 428. The van der Waals surface area contributed by atoms with Gasteiger partial charge in [-0.25, -0.2) is 0 Å². The molecule has 0 saturated carbocycles. The van der Waals surface area contributed by atoms with Crippen molar-refractivity contribution >= 4 is 11.6 Å². The van der Waals surface area contributed by atoms with Crippen LogP contribution in [0.2, 0.25) is 5.02 Å². The van der Waals surface area contributed by atoms with Crippen LogP contribution in [-0.4, -0.2) is 49.1 Å². The average molecular weight is 296 g/mol. The number of nitrogens with two attached hydrogens (primary N) is 1. The maximum Gasteiger partial charge on any atom is 0.0474 e. The summed E-state index contributed by atoms with van der Waals surface area (Å²) in [6.07, 6.45) is 1.23. The second-order valence-corrected chi connectivity index (χ2v) is 6.07. The lowest BCUT2D eigenvalue weighted by Gasteiger charge is -2.39. The maximum atomic E-state index is 6.05. The molecule has 0 amide bonds. The summed E-state index contributed by atoms with van der Waals surface area (Å²) in [6.45, 7) is 10.7. The molecule has 2 rings (SSSR count). The van der Waals surface area contributed by atoms with Crippen LogP contribution >= 0.6 is 11.6 Å². The molecule has 0 spiro atoms. The van der Waals surface area contributed by atoms with E-state index in [4.69, 9.17) is 17.3 Å². The van der Waals surface area contributed by atoms with Gasteiger partial charge in [0.2, 0.25) is 0 Å². The summed E-state index contributed by atoms with van der Waals surface area (Å²) >= 11 is 6.05. The van der Waals surface area contributed by atoms with Crippen molar-refractivity contribution in [2.24, 2.45) is 5.73 Å². The van der Waals surface area contributed by atoms with E-state index in [0.717, 1.165) is 31.2 Å². The van der Waals surface area contributed by atoms with Crippen molar-refractivity contribution in [3.8, 4) is 0 Å². The molecule has 1 aliphatic heterocycles. The summed E-state index contributed by atoms with van der Waals surface area (Å²) in [5, 5.41) is 0.801. The van der Waals surface area contributed by atoms with Gasteiger partial charge in [0.25, 0.3) is 0 Å². The van der Waals surface area contributed by atoms with Gasteiger partial charge in [-0.2, -0.15) is 0 Å². The number of nitrogens with zero attached hydrogens (tertiary/aromatic N) is 2. The average Bonchev–Trinajstić information content (AvgIpc) is 2.44. The van der Waals surface area contributed by atoms with Crippen LogP contribution in [0.3, 0.4) is 0 Å². The monoisotopic (exact) mass is 295 g/mol. The Morgan fingerprint density at radius 1 is 1.25 bits per heavy atom. The van der Waals surface area contributed by atoms with Crippen molar-refractivity contribution in [3.05, 3.63) is 34.3 Å². The predicted molar refractivity (Wildman–Crippen MR) is 86.3 cm³/mol. The van der Waals surface area contributed by atoms with Crippen molar-refractivity contribution in [1.82, 2.24) is 9.80 Å². The number of hydrogen-bond donors (Lipinski definition) is 1. The van der Waals surface area contributed by atoms with Crippen molar-refractivity contribution in [3.63, 3.8) is 0 Å². The third kappa shape index (κ3) is 3.73. The summed E-state index contributed by atoms with van der Waals surface area (Å²) in [5.74, 6) is 0. The van der Waals surface area contributed by atoms with Crippen LogP contribution in [0.15, 0.2) is 18.2 Å². The molecule has 0 bridgehead atoms. The first-order valence-corrected chi connectivity index (χ1v) is 7.96. The first-order valence-electron chi connectivity index (χ1n) is 7.58. The zero-order valence-electron chi connectivity index (χ0n) is 12.6. The van der Waals surface area contributed by atoms with Crippen LogP contribution in [0, 0.1) is 6.92 Å². The molecule has 1 atom stereocenters. The number of aryl methyl sites for hydroxylation is 1. The molecule has 20 heavy (non-hydrogen) atoms. The van der Waals surface area contributed by atoms with Crippen molar-refractivity contribution < 1.29 is 0 Å². The maximum absolute atomic E-state index is 6.05. The van der Waals surface area contributed by atoms with Crippen LogP contribution < -0.4 is 5.73 Å². The molecule has 0 radical (unpaired) electrons. The number of benzene rings is 1. The second-order valence-electron chi connectivity index (χ2n) is 5.63. The lowest BCUT2D eigenvalue weighted by Crippen LogP contribution is -2.49. The standard InChI is InChI=1S/C16H26ClN3/c1-3-6-19-7-9-20(10-8-19)16(12-18)15-5-4-14(17)11-13(15)2/h4-5,11,16H,3,6-10,12,18H2,1-2H3. The third-order valence-corrected chi connectivity index (χ3v) is 4.44. The Morgan fingerprint density at radius 2 is 1.95 bits per heavy atom. The van der Waals surface area contributed by atoms with Crippen molar-refractivity contribution in [2.75, 3.05) is 39.3 Å². The fourth-order valence-corrected chi connectivity index (χ4v) is 3.33. The van der Waals surface area contributed by atoms with Gasteiger partial charge in [0.15, 0.2) is 0 Å². The van der Waals surface area contributed by atoms with E-state index in [1.165, 1.54) is 24.1 Å². The Kier molecular flexibility index (Phi) is 5.85. The zero-order valence-corrected chi connectivity index (χ0v) is 13.4. The van der Waals surface area contributed by atoms with E-state index in [0.29, 0.717) is 12.6 Å². The molecular weight excluding hydrogens is 270 g/mol. The summed E-state index contributed by atoms with van der Waals surface area (Å²) in [5.41, 5.74) is 8.61. The smallest absolute Gasteiger partial charge is 0.0474 e. The highest BCUT2D eigenvalue weighted by Crippen LogP contribution is 2.26. The van der Waals surface area contributed by atoms with E-state index in [2.05, 4.69) is 29.7 Å². The normalized spacial score (nSPS) is 19.2. The van der Waals surface area contributed by atoms with Crippen LogP contribution in [-0.2, 0) is 0 Å². The molecule has 1 aromatic carbocycles. The molecule has 1 aromatic rings. The molecule has 2 N–H and O–H groups in total. The largest absolute Gasteiger partial charge is 0.329 e. The van der Waals surface area contributed by atoms with E-state index in [1.54, 1.807) is 0 Å². The van der Waals surface area contributed by atoms with E-state index in [9.17, 15) is 0 Å². The molecular formula is C16H26ClN3. The molecule has 0 aliphatic carbocycles. The topological polar surface area (TPSA) is 32.5 Å². The number of piperazine rings is 1. The molecule has 112 valence electrons. The Morgan fingerprint density at radius 3 is 2.50 bits per heavy atom. The number of halogens is 1. The van der Waals surface area contributed by atoms with Crippen molar-refractivity contribution in [2.45, 2.75) is 26.3 Å². The van der Waals surface area contributed by atoms with Gasteiger partial charge in [-0.3, -0.25) is 4.90 Å². The highest BCUT2D eigenvalue weighted by Gasteiger charge is 2.24. The molecule has 0 aromatic heterocycles. The molecule has 1 heterocycles. The zero-order chi connectivity index (χ0) is 14.5. The van der Waals surface area contributed by atoms with Gasteiger partial charge in [-0.05, 0) is 43.1 Å². The number of hydrogen-bond acceptors (Lipinski definition) is 3. The van der Waals surface area contributed by atoms with Gasteiger partial charge in [-0.1, -0.05) is 24.6 Å². The van der Waals surface area contributed by atoms with E-state index in [-0.39, 0.29) is 0 Å². The predicted octanol–water partition coefficient (Wildman–Crippen LogP) is 2.68. The minimum atomic E-state index is 0.316. The molecule has 1 fully saturated rings. The minimum absolute atomic E-state index is 0.316. The Labute approximate surface area is 127 Å². The van der Waals surface area contributed by atoms with Crippen LogP contribution in [0.25, 0.3) is 0 Å². The SMILES string of the molecule is CCCN1CCN(C(CN)c2ccc(Cl)cc2C)CC1. The quantitative estimate of drug-likeness (QED) is 0.906. The fourth-order valence-electron chi connectivity index (χ4n) is 3.10.